The minimum atomic E-state index is -2.41. The monoisotopic (exact) mass is 991 g/mol. The zero-order valence-corrected chi connectivity index (χ0v) is 40.5. The fraction of sp³-hybridized carbons (Fsp3) is 0.453. The molecule has 4 heterocycles. The van der Waals surface area contributed by atoms with Gasteiger partial charge < -0.3 is 63.0 Å². The summed E-state index contributed by atoms with van der Waals surface area (Å²) in [6.45, 7) is 5.77. The molecule has 8 atom stereocenters. The van der Waals surface area contributed by atoms with Crippen molar-refractivity contribution in [1.29, 1.82) is 0 Å². The van der Waals surface area contributed by atoms with Crippen LogP contribution in [0, 0.1) is 0 Å². The van der Waals surface area contributed by atoms with Gasteiger partial charge in [0.1, 0.15) is 34.6 Å². The molecule has 4 saturated heterocycles. The van der Waals surface area contributed by atoms with Crippen LogP contribution in [0.15, 0.2) is 72.8 Å². The molecule has 4 aromatic rings. The zero-order valence-electron chi connectivity index (χ0n) is 40.5. The van der Waals surface area contributed by atoms with Crippen molar-refractivity contribution >= 4 is 29.5 Å². The molecule has 2 aliphatic carbocycles. The molecule has 19 nitrogen and oxygen atoms in total. The SMILES string of the molecule is COc1cccc2c1C(=O)c1c(O)c3c(c(O)c1C2=O)C[C@@](O)(C(=O)COC(=O)N1CCN(C(=O)OC(C)(C)c2ccc(-c4ccccc4)cc2)CC1)C[C@@H]3O[C@H]1C[C@H]2[C@H](O[C@@H]3[C@@H](OC)OCCN32)[C@H](C)O1. The van der Waals surface area contributed by atoms with Gasteiger partial charge in [0.15, 0.2) is 31.2 Å². The number of fused-ring (bicyclic) bond motifs is 6. The lowest BCUT2D eigenvalue weighted by Gasteiger charge is -2.43. The van der Waals surface area contributed by atoms with E-state index in [1.54, 1.807) is 13.8 Å². The van der Waals surface area contributed by atoms with Gasteiger partial charge in [-0.3, -0.25) is 19.3 Å². The van der Waals surface area contributed by atoms with Gasteiger partial charge >= 0.3 is 12.2 Å². The number of piperazine rings is 1. The van der Waals surface area contributed by atoms with Gasteiger partial charge in [-0.2, -0.15) is 0 Å². The Hall–Kier alpha value is -6.45. The molecule has 2 amide bonds. The Bertz CT molecular complexity index is 2800. The number of amides is 2. The van der Waals surface area contributed by atoms with E-state index in [1.807, 2.05) is 61.5 Å². The van der Waals surface area contributed by atoms with Gasteiger partial charge in [-0.25, -0.2) is 9.59 Å². The summed E-state index contributed by atoms with van der Waals surface area (Å²) in [6, 6.07) is 21.9. The van der Waals surface area contributed by atoms with Gasteiger partial charge in [-0.15, -0.1) is 0 Å². The van der Waals surface area contributed by atoms with Gasteiger partial charge in [-0.05, 0) is 43.5 Å². The van der Waals surface area contributed by atoms with Gasteiger partial charge in [0.05, 0.1) is 42.6 Å². The van der Waals surface area contributed by atoms with Crippen molar-refractivity contribution in [2.75, 3.05) is 60.2 Å². The molecule has 380 valence electrons. The van der Waals surface area contributed by atoms with E-state index in [-0.39, 0.29) is 66.6 Å². The van der Waals surface area contributed by atoms with E-state index in [0.29, 0.717) is 13.2 Å². The van der Waals surface area contributed by atoms with E-state index < -0.39 is 120 Å². The first kappa shape index (κ1) is 49.1. The summed E-state index contributed by atoms with van der Waals surface area (Å²) in [5.41, 5.74) is -2.00. The molecular weight excluding hydrogens is 935 g/mol. The first-order chi connectivity index (χ1) is 34.5. The maximum Gasteiger partial charge on any atom is 0.410 e. The molecule has 0 spiro atoms. The predicted octanol–water partition coefficient (Wildman–Crippen LogP) is 5.21. The number of ether oxygens (including phenoxy) is 8. The summed E-state index contributed by atoms with van der Waals surface area (Å²) >= 11 is 0. The number of methoxy groups -OCH3 is 2. The quantitative estimate of drug-likeness (QED) is 0.153. The van der Waals surface area contributed by atoms with E-state index in [9.17, 15) is 39.3 Å². The minimum Gasteiger partial charge on any atom is -0.507 e. The highest BCUT2D eigenvalue weighted by Gasteiger charge is 2.55. The van der Waals surface area contributed by atoms with E-state index in [0.717, 1.165) is 16.7 Å². The average Bonchev–Trinajstić information content (AvgIpc) is 3.77. The van der Waals surface area contributed by atoms with Gasteiger partial charge in [0.25, 0.3) is 0 Å². The molecule has 19 heteroatoms. The Kier molecular flexibility index (Phi) is 13.1. The highest BCUT2D eigenvalue weighted by Crippen LogP contribution is 2.53. The Morgan fingerprint density at radius 2 is 1.49 bits per heavy atom. The van der Waals surface area contributed by atoms with Crippen LogP contribution in [-0.4, -0.2) is 162 Å². The van der Waals surface area contributed by atoms with Crippen molar-refractivity contribution < 1.29 is 77.2 Å². The number of benzene rings is 4. The lowest BCUT2D eigenvalue weighted by molar-refractivity contribution is -0.256. The lowest BCUT2D eigenvalue weighted by atomic mass is 9.72. The molecule has 4 aliphatic heterocycles. The molecule has 0 bridgehead atoms. The number of aromatic hydroxyl groups is 2. The van der Waals surface area contributed by atoms with Crippen LogP contribution in [0.1, 0.15) is 88.3 Å². The van der Waals surface area contributed by atoms with Crippen molar-refractivity contribution in [3.63, 3.8) is 0 Å². The summed E-state index contributed by atoms with van der Waals surface area (Å²) < 4.78 is 47.5. The lowest BCUT2D eigenvalue weighted by Crippen LogP contribution is -2.55. The fourth-order valence-corrected chi connectivity index (χ4v) is 11.0. The number of hydrogen-bond acceptors (Lipinski definition) is 17. The third-order valence-electron chi connectivity index (χ3n) is 14.9. The molecule has 4 fully saturated rings. The average molecular weight is 992 g/mol. The number of Topliss-reactive ketones (excluding diaryl/α,β-unsaturated/α-hetero) is 1. The van der Waals surface area contributed by atoms with E-state index in [1.165, 1.54) is 42.2 Å². The summed E-state index contributed by atoms with van der Waals surface area (Å²) in [7, 11) is 2.86. The summed E-state index contributed by atoms with van der Waals surface area (Å²) in [5.74, 6) is -3.87. The van der Waals surface area contributed by atoms with E-state index >= 15 is 0 Å². The Labute approximate surface area is 415 Å². The Morgan fingerprint density at radius 3 is 2.18 bits per heavy atom. The van der Waals surface area contributed by atoms with Gasteiger partial charge in [0.2, 0.25) is 11.6 Å². The standard InChI is InChI=1S/C53H57N3O16/c1-28-47-34(56-22-23-67-49(66-5)48(56)71-47)24-38(69-28)70-36-26-53(64,25-33-40(36)46(61)42-41(44(33)59)43(58)32-12-9-13-35(65-4)39(32)45(42)60)37(57)27-68-50(62)54-18-20-55(21-19-54)51(63)72-52(2,3)31-16-14-30(15-17-31)29-10-7-6-8-11-29/h6-17,28,34,36,38,47-49,59,61,64H,18-27H2,1-5H3/t28-,34-,36-,38-,47+,48+,49-,53-/m0/s1. The van der Waals surface area contributed by atoms with Crippen LogP contribution in [0.25, 0.3) is 11.1 Å². The number of morpholine rings is 1. The molecule has 0 aromatic heterocycles. The molecule has 6 aliphatic rings. The zero-order chi connectivity index (χ0) is 50.8. The normalized spacial score (nSPS) is 26.9. The third kappa shape index (κ3) is 8.65. The summed E-state index contributed by atoms with van der Waals surface area (Å²) in [4.78, 5) is 74.5. The van der Waals surface area contributed by atoms with Crippen LogP contribution in [0.5, 0.6) is 17.2 Å². The maximum atomic E-state index is 14.3. The highest BCUT2D eigenvalue weighted by molar-refractivity contribution is 6.31. The topological polar surface area (TPSA) is 230 Å². The van der Waals surface area contributed by atoms with Crippen LogP contribution < -0.4 is 4.74 Å². The minimum absolute atomic E-state index is 0.0614. The van der Waals surface area contributed by atoms with Gasteiger partial charge in [0, 0.05) is 81.8 Å². The predicted molar refractivity (Wildman–Crippen MR) is 252 cm³/mol. The first-order valence-corrected chi connectivity index (χ1v) is 24.1. The Morgan fingerprint density at radius 1 is 0.806 bits per heavy atom. The second-order valence-electron chi connectivity index (χ2n) is 19.5. The summed E-state index contributed by atoms with van der Waals surface area (Å²) in [5, 5.41) is 36.6. The molecular formula is C53H57N3O16. The van der Waals surface area contributed by atoms with Crippen LogP contribution in [0.4, 0.5) is 9.59 Å². The van der Waals surface area contributed by atoms with Crippen molar-refractivity contribution in [2.24, 2.45) is 0 Å². The van der Waals surface area contributed by atoms with E-state index in [2.05, 4.69) is 4.90 Å². The van der Waals surface area contributed by atoms with Crippen LogP contribution in [0.2, 0.25) is 0 Å². The van der Waals surface area contributed by atoms with Gasteiger partial charge in [-0.1, -0.05) is 66.7 Å². The number of rotatable bonds is 10. The number of ketones is 3. The summed E-state index contributed by atoms with van der Waals surface area (Å²) in [6.07, 6.45) is -6.97. The first-order valence-electron chi connectivity index (χ1n) is 24.1. The Balaban J connectivity index is 0.846. The van der Waals surface area contributed by atoms with Crippen molar-refractivity contribution in [1.82, 2.24) is 14.7 Å². The van der Waals surface area contributed by atoms with Crippen LogP contribution >= 0.6 is 0 Å². The van der Waals surface area contributed by atoms with Crippen molar-refractivity contribution in [3.05, 3.63) is 112 Å². The molecule has 0 unspecified atom stereocenters. The van der Waals surface area contributed by atoms with Crippen molar-refractivity contribution in [2.45, 2.75) is 94.4 Å². The smallest absolute Gasteiger partial charge is 0.410 e. The number of hydrogen-bond donors (Lipinski definition) is 3. The molecule has 3 N–H and O–H groups in total. The third-order valence-corrected chi connectivity index (χ3v) is 14.9. The number of phenols is 2. The number of carbonyl (C=O) groups is 5. The maximum absolute atomic E-state index is 14.3. The van der Waals surface area contributed by atoms with Crippen LogP contribution in [-0.2, 0) is 50.0 Å². The molecule has 0 radical (unpaired) electrons. The second kappa shape index (κ2) is 19.2. The second-order valence-corrected chi connectivity index (χ2v) is 19.5. The van der Waals surface area contributed by atoms with E-state index in [4.69, 9.17) is 37.9 Å². The molecule has 10 rings (SSSR count). The number of carbonyl (C=O) groups excluding carboxylic acids is 5. The molecule has 0 saturated carbocycles. The largest absolute Gasteiger partial charge is 0.507 e. The number of aliphatic hydroxyl groups is 1. The number of phenolic OH excluding ortho intramolecular Hbond substituents is 2. The molecule has 72 heavy (non-hydrogen) atoms. The fourth-order valence-electron chi connectivity index (χ4n) is 11.0. The van der Waals surface area contributed by atoms with Crippen molar-refractivity contribution in [3.8, 4) is 28.4 Å². The highest BCUT2D eigenvalue weighted by atomic mass is 16.7. The molecule has 4 aromatic carbocycles. The van der Waals surface area contributed by atoms with Crippen LogP contribution in [0.3, 0.4) is 0 Å². The number of nitrogens with zero attached hydrogens (tertiary/aromatic N) is 3.